The highest BCUT2D eigenvalue weighted by atomic mass is 19.4. The number of halogens is 3. The molecule has 0 saturated carbocycles. The Bertz CT molecular complexity index is 522. The first-order valence-electron chi connectivity index (χ1n) is 6.06. The molecule has 1 atom stereocenters. The molecular formula is C14H16F3NO. The van der Waals surface area contributed by atoms with Gasteiger partial charge in [0.1, 0.15) is 0 Å². The molecule has 0 radical (unpaired) electrons. The Morgan fingerprint density at radius 3 is 2.21 bits per heavy atom. The molecule has 1 heterocycles. The summed E-state index contributed by atoms with van der Waals surface area (Å²) in [5.41, 5.74) is -2.09. The second-order valence-corrected chi connectivity index (χ2v) is 5.73. The Morgan fingerprint density at radius 1 is 1.16 bits per heavy atom. The Labute approximate surface area is 110 Å². The van der Waals surface area contributed by atoms with Crippen molar-refractivity contribution >= 4 is 5.91 Å². The zero-order chi connectivity index (χ0) is 14.5. The van der Waals surface area contributed by atoms with Gasteiger partial charge in [-0.3, -0.25) is 4.79 Å². The van der Waals surface area contributed by atoms with Crippen LogP contribution in [0.3, 0.4) is 0 Å². The number of hydrogen-bond donors (Lipinski definition) is 1. The van der Waals surface area contributed by atoms with E-state index in [0.717, 1.165) is 6.07 Å². The third-order valence-electron chi connectivity index (χ3n) is 4.17. The van der Waals surface area contributed by atoms with Crippen LogP contribution in [0.2, 0.25) is 0 Å². The fourth-order valence-corrected chi connectivity index (χ4v) is 2.72. The molecule has 19 heavy (non-hydrogen) atoms. The Hall–Kier alpha value is -1.52. The van der Waals surface area contributed by atoms with Crippen molar-refractivity contribution in [2.45, 2.75) is 44.3 Å². The van der Waals surface area contributed by atoms with Gasteiger partial charge >= 0.3 is 6.18 Å². The lowest BCUT2D eigenvalue weighted by Crippen LogP contribution is -2.48. The molecule has 2 rings (SSSR count). The molecule has 1 saturated heterocycles. The molecule has 1 aliphatic heterocycles. The van der Waals surface area contributed by atoms with Crippen molar-refractivity contribution in [2.24, 2.45) is 0 Å². The van der Waals surface area contributed by atoms with Gasteiger partial charge in [0.2, 0.25) is 5.91 Å². The van der Waals surface area contributed by atoms with E-state index >= 15 is 0 Å². The van der Waals surface area contributed by atoms with Crippen LogP contribution in [0.4, 0.5) is 13.2 Å². The lowest BCUT2D eigenvalue weighted by atomic mass is 9.67. The quantitative estimate of drug-likeness (QED) is 0.834. The molecule has 1 amide bonds. The summed E-state index contributed by atoms with van der Waals surface area (Å²) in [7, 11) is 0. The summed E-state index contributed by atoms with van der Waals surface area (Å²) >= 11 is 0. The topological polar surface area (TPSA) is 29.1 Å². The van der Waals surface area contributed by atoms with Crippen LogP contribution in [0.1, 0.15) is 38.3 Å². The molecule has 0 aromatic heterocycles. The first kappa shape index (κ1) is 13.9. The monoisotopic (exact) mass is 271 g/mol. The summed E-state index contributed by atoms with van der Waals surface area (Å²) in [6.07, 6.45) is -4.35. The fourth-order valence-electron chi connectivity index (χ4n) is 2.72. The van der Waals surface area contributed by atoms with Crippen LogP contribution in [0.5, 0.6) is 0 Å². The van der Waals surface area contributed by atoms with Crippen LogP contribution in [0, 0.1) is 0 Å². The first-order valence-corrected chi connectivity index (χ1v) is 6.06. The number of amides is 1. The maximum Gasteiger partial charge on any atom is 0.416 e. The maximum atomic E-state index is 13.1. The zero-order valence-corrected chi connectivity index (χ0v) is 11.1. The van der Waals surface area contributed by atoms with Gasteiger partial charge in [-0.05, 0) is 25.5 Å². The summed E-state index contributed by atoms with van der Waals surface area (Å²) in [4.78, 5) is 11.6. The SMILES string of the molecule is CC1(C)NC(=O)CC1(C)c1ccccc1C(F)(F)F. The highest BCUT2D eigenvalue weighted by molar-refractivity contribution is 5.82. The molecule has 104 valence electrons. The van der Waals surface area contributed by atoms with Crippen LogP contribution in [-0.4, -0.2) is 11.4 Å². The highest BCUT2D eigenvalue weighted by Gasteiger charge is 2.53. The number of alkyl halides is 3. The van der Waals surface area contributed by atoms with E-state index in [1.165, 1.54) is 12.1 Å². The molecule has 0 aliphatic carbocycles. The lowest BCUT2D eigenvalue weighted by Gasteiger charge is -2.39. The maximum absolute atomic E-state index is 13.1. The molecule has 2 nitrogen and oxygen atoms in total. The van der Waals surface area contributed by atoms with Crippen molar-refractivity contribution in [3.05, 3.63) is 35.4 Å². The van der Waals surface area contributed by atoms with E-state index < -0.39 is 22.7 Å². The van der Waals surface area contributed by atoms with Gasteiger partial charge in [0.05, 0.1) is 5.56 Å². The Balaban J connectivity index is 2.63. The smallest absolute Gasteiger partial charge is 0.350 e. The third-order valence-corrected chi connectivity index (χ3v) is 4.17. The lowest BCUT2D eigenvalue weighted by molar-refractivity contribution is -0.139. The predicted octanol–water partition coefficient (Wildman–Crippen LogP) is 3.26. The van der Waals surface area contributed by atoms with Crippen molar-refractivity contribution in [1.29, 1.82) is 0 Å². The molecule has 1 unspecified atom stereocenters. The van der Waals surface area contributed by atoms with E-state index in [9.17, 15) is 18.0 Å². The van der Waals surface area contributed by atoms with Crippen LogP contribution in [0.25, 0.3) is 0 Å². The molecule has 0 bridgehead atoms. The largest absolute Gasteiger partial charge is 0.416 e. The average molecular weight is 271 g/mol. The van der Waals surface area contributed by atoms with E-state index in [-0.39, 0.29) is 17.9 Å². The van der Waals surface area contributed by atoms with Gasteiger partial charge in [-0.1, -0.05) is 25.1 Å². The van der Waals surface area contributed by atoms with Gasteiger partial charge < -0.3 is 5.32 Å². The molecule has 0 spiro atoms. The summed E-state index contributed by atoms with van der Waals surface area (Å²) < 4.78 is 39.3. The Kier molecular flexibility index (Phi) is 2.92. The molecular weight excluding hydrogens is 255 g/mol. The number of hydrogen-bond acceptors (Lipinski definition) is 1. The minimum Gasteiger partial charge on any atom is -0.350 e. The number of rotatable bonds is 1. The van der Waals surface area contributed by atoms with E-state index in [1.807, 2.05) is 0 Å². The summed E-state index contributed by atoms with van der Waals surface area (Å²) in [5, 5.41) is 2.75. The molecule has 1 N–H and O–H groups in total. The van der Waals surface area contributed by atoms with Gasteiger partial charge in [0.25, 0.3) is 0 Å². The minimum atomic E-state index is -4.42. The van der Waals surface area contributed by atoms with Crippen LogP contribution < -0.4 is 5.32 Å². The standard InChI is InChI=1S/C14H16F3NO/c1-12(2)13(3,8-11(19)18-12)9-6-4-5-7-10(9)14(15,16)17/h4-7H,8H2,1-3H3,(H,18,19). The van der Waals surface area contributed by atoms with Crippen LogP contribution >= 0.6 is 0 Å². The number of carbonyl (C=O) groups excluding carboxylic acids is 1. The average Bonchev–Trinajstić information content (AvgIpc) is 2.47. The summed E-state index contributed by atoms with van der Waals surface area (Å²) in [6, 6.07) is 5.48. The number of nitrogens with one attached hydrogen (secondary N) is 1. The van der Waals surface area contributed by atoms with Gasteiger partial charge in [-0.2, -0.15) is 13.2 Å². The van der Waals surface area contributed by atoms with E-state index in [2.05, 4.69) is 5.32 Å². The molecule has 1 aromatic carbocycles. The van der Waals surface area contributed by atoms with Crippen molar-refractivity contribution in [3.63, 3.8) is 0 Å². The second kappa shape index (κ2) is 3.99. The van der Waals surface area contributed by atoms with E-state index in [4.69, 9.17) is 0 Å². The third kappa shape index (κ3) is 2.11. The first-order chi connectivity index (χ1) is 8.58. The highest BCUT2D eigenvalue weighted by Crippen LogP contribution is 2.46. The zero-order valence-electron chi connectivity index (χ0n) is 11.1. The van der Waals surface area contributed by atoms with Crippen molar-refractivity contribution in [1.82, 2.24) is 5.32 Å². The predicted molar refractivity (Wildman–Crippen MR) is 65.6 cm³/mol. The Morgan fingerprint density at radius 2 is 1.74 bits per heavy atom. The summed E-state index contributed by atoms with van der Waals surface area (Å²) in [6.45, 7) is 5.21. The fraction of sp³-hybridized carbons (Fsp3) is 0.500. The second-order valence-electron chi connectivity index (χ2n) is 5.73. The van der Waals surface area contributed by atoms with Crippen LogP contribution in [-0.2, 0) is 16.4 Å². The van der Waals surface area contributed by atoms with Crippen molar-refractivity contribution < 1.29 is 18.0 Å². The van der Waals surface area contributed by atoms with Gasteiger partial charge in [0, 0.05) is 17.4 Å². The van der Waals surface area contributed by atoms with Crippen LogP contribution in [0.15, 0.2) is 24.3 Å². The molecule has 1 aromatic rings. The molecule has 5 heteroatoms. The van der Waals surface area contributed by atoms with E-state index in [0.29, 0.717) is 0 Å². The number of carbonyl (C=O) groups is 1. The van der Waals surface area contributed by atoms with Gasteiger partial charge in [-0.15, -0.1) is 0 Å². The number of benzene rings is 1. The normalized spacial score (nSPS) is 26.3. The van der Waals surface area contributed by atoms with E-state index in [1.54, 1.807) is 26.8 Å². The molecule has 1 fully saturated rings. The van der Waals surface area contributed by atoms with Crippen molar-refractivity contribution in [2.75, 3.05) is 0 Å². The van der Waals surface area contributed by atoms with Gasteiger partial charge in [0.15, 0.2) is 0 Å². The molecule has 1 aliphatic rings. The summed E-state index contributed by atoms with van der Waals surface area (Å²) in [5.74, 6) is -0.218. The van der Waals surface area contributed by atoms with Gasteiger partial charge in [-0.25, -0.2) is 0 Å². The van der Waals surface area contributed by atoms with Crippen molar-refractivity contribution in [3.8, 4) is 0 Å². The minimum absolute atomic E-state index is 0.0626.